The first-order chi connectivity index (χ1) is 16.0. The van der Waals surface area contributed by atoms with Crippen LogP contribution < -0.4 is 5.32 Å². The van der Waals surface area contributed by atoms with Crippen LogP contribution in [-0.4, -0.2) is 16.8 Å². The Kier molecular flexibility index (Phi) is 5.81. The highest BCUT2D eigenvalue weighted by Crippen LogP contribution is 2.36. The molecule has 5 rings (SSSR count). The van der Waals surface area contributed by atoms with Gasteiger partial charge in [0.25, 0.3) is 0 Å². The number of aromatic amines is 1. The number of halogens is 2. The monoisotopic (exact) mass is 444 g/mol. The summed E-state index contributed by atoms with van der Waals surface area (Å²) >= 11 is 0. The van der Waals surface area contributed by atoms with Crippen LogP contribution in [0, 0.1) is 18.6 Å². The second kappa shape index (κ2) is 8.91. The predicted molar refractivity (Wildman–Crippen MR) is 127 cm³/mol. The SMILES string of the molecule is Cc1ccc(C(=O)CCCC2Cc3[nH]c4c(F)ccc(-c5ccc(F)cc5)c4c3CN2)cc1. The number of rotatable bonds is 6. The van der Waals surface area contributed by atoms with Crippen molar-refractivity contribution in [1.82, 2.24) is 10.3 Å². The van der Waals surface area contributed by atoms with Gasteiger partial charge in [0, 0.05) is 42.1 Å². The molecule has 3 nitrogen and oxygen atoms in total. The summed E-state index contributed by atoms with van der Waals surface area (Å²) in [5.74, 6) is -0.410. The molecule has 4 aromatic rings. The Morgan fingerprint density at radius 3 is 2.52 bits per heavy atom. The summed E-state index contributed by atoms with van der Waals surface area (Å²) in [6.45, 7) is 2.64. The Morgan fingerprint density at radius 2 is 1.76 bits per heavy atom. The van der Waals surface area contributed by atoms with E-state index in [2.05, 4.69) is 10.3 Å². The van der Waals surface area contributed by atoms with E-state index in [-0.39, 0.29) is 23.5 Å². The quantitative estimate of drug-likeness (QED) is 0.334. The molecule has 2 heterocycles. The maximum atomic E-state index is 14.7. The molecule has 0 aliphatic carbocycles. The van der Waals surface area contributed by atoms with Crippen LogP contribution >= 0.6 is 0 Å². The number of H-pyrrole nitrogens is 1. The second-order valence-electron chi connectivity index (χ2n) is 8.90. The zero-order chi connectivity index (χ0) is 22.9. The zero-order valence-corrected chi connectivity index (χ0v) is 18.6. The van der Waals surface area contributed by atoms with Crippen LogP contribution in [0.1, 0.15) is 46.4 Å². The molecule has 0 bridgehead atoms. The molecule has 1 aromatic heterocycles. The summed E-state index contributed by atoms with van der Waals surface area (Å²) in [7, 11) is 0. The smallest absolute Gasteiger partial charge is 0.162 e. The molecule has 3 aromatic carbocycles. The van der Waals surface area contributed by atoms with E-state index in [9.17, 15) is 13.6 Å². The average Bonchev–Trinajstić information content (AvgIpc) is 3.20. The van der Waals surface area contributed by atoms with Gasteiger partial charge in [-0.15, -0.1) is 0 Å². The van der Waals surface area contributed by atoms with E-state index >= 15 is 0 Å². The normalized spacial score (nSPS) is 15.5. The van der Waals surface area contributed by atoms with E-state index in [1.54, 1.807) is 18.2 Å². The van der Waals surface area contributed by atoms with Crippen LogP contribution in [0.15, 0.2) is 60.7 Å². The van der Waals surface area contributed by atoms with Crippen molar-refractivity contribution in [2.24, 2.45) is 0 Å². The standard InChI is InChI=1S/C28H26F2N2O/c1-17-5-7-19(8-6-17)26(33)4-2-3-21-15-25-23(16-31-21)27-22(13-14-24(30)28(27)32-25)18-9-11-20(29)12-10-18/h5-14,21,31-32H,2-4,15-16H2,1H3. The lowest BCUT2D eigenvalue weighted by molar-refractivity contribution is 0.0978. The molecule has 168 valence electrons. The summed E-state index contributed by atoms with van der Waals surface area (Å²) in [5, 5.41) is 4.43. The van der Waals surface area contributed by atoms with E-state index in [1.165, 1.54) is 18.2 Å². The van der Waals surface area contributed by atoms with E-state index < -0.39 is 0 Å². The first kappa shape index (κ1) is 21.5. The molecule has 0 spiro atoms. The van der Waals surface area contributed by atoms with E-state index in [0.717, 1.165) is 58.2 Å². The highest BCUT2D eigenvalue weighted by molar-refractivity contribution is 5.99. The highest BCUT2D eigenvalue weighted by Gasteiger charge is 2.25. The third kappa shape index (κ3) is 4.33. The van der Waals surface area contributed by atoms with Crippen molar-refractivity contribution in [3.8, 4) is 11.1 Å². The van der Waals surface area contributed by atoms with Crippen LogP contribution in [0.4, 0.5) is 8.78 Å². The van der Waals surface area contributed by atoms with Gasteiger partial charge in [-0.25, -0.2) is 8.78 Å². The molecule has 0 fully saturated rings. The summed E-state index contributed by atoms with van der Waals surface area (Å²) in [6, 6.07) is 17.5. The Hall–Kier alpha value is -3.31. The van der Waals surface area contributed by atoms with Gasteiger partial charge in [-0.2, -0.15) is 0 Å². The summed E-state index contributed by atoms with van der Waals surface area (Å²) in [6.07, 6.45) is 2.95. The van der Waals surface area contributed by atoms with Gasteiger partial charge in [0.15, 0.2) is 5.78 Å². The minimum absolute atomic E-state index is 0.170. The third-order valence-electron chi connectivity index (χ3n) is 6.60. The largest absolute Gasteiger partial charge is 0.356 e. The number of carbonyl (C=O) groups is 1. The molecule has 1 aliphatic heterocycles. The number of ketones is 1. The molecular weight excluding hydrogens is 418 g/mol. The topological polar surface area (TPSA) is 44.9 Å². The lowest BCUT2D eigenvalue weighted by Gasteiger charge is -2.24. The van der Waals surface area contributed by atoms with Gasteiger partial charge in [0.05, 0.1) is 5.52 Å². The number of aromatic nitrogens is 1. The van der Waals surface area contributed by atoms with Gasteiger partial charge in [-0.05, 0) is 54.7 Å². The van der Waals surface area contributed by atoms with Crippen LogP contribution in [-0.2, 0) is 13.0 Å². The Labute approximate surface area is 191 Å². The Balaban J connectivity index is 1.32. The van der Waals surface area contributed by atoms with Gasteiger partial charge in [0.2, 0.25) is 0 Å². The fourth-order valence-electron chi connectivity index (χ4n) is 4.79. The van der Waals surface area contributed by atoms with Gasteiger partial charge < -0.3 is 10.3 Å². The molecule has 0 amide bonds. The molecule has 2 N–H and O–H groups in total. The minimum atomic E-state index is -0.293. The molecule has 0 saturated carbocycles. The maximum Gasteiger partial charge on any atom is 0.162 e. The van der Waals surface area contributed by atoms with Crippen molar-refractivity contribution in [3.63, 3.8) is 0 Å². The van der Waals surface area contributed by atoms with Crippen molar-refractivity contribution >= 4 is 16.7 Å². The highest BCUT2D eigenvalue weighted by atomic mass is 19.1. The van der Waals surface area contributed by atoms with Crippen molar-refractivity contribution < 1.29 is 13.6 Å². The van der Waals surface area contributed by atoms with Crippen LogP contribution in [0.2, 0.25) is 0 Å². The summed E-state index contributed by atoms with van der Waals surface area (Å²) in [5.41, 5.74) is 6.26. The molecule has 0 saturated heterocycles. The van der Waals surface area contributed by atoms with Crippen LogP contribution in [0.5, 0.6) is 0 Å². The maximum absolute atomic E-state index is 14.7. The molecule has 1 unspecified atom stereocenters. The van der Waals surface area contributed by atoms with Crippen molar-refractivity contribution in [2.75, 3.05) is 0 Å². The number of nitrogens with one attached hydrogen (secondary N) is 2. The Morgan fingerprint density at radius 1 is 1.00 bits per heavy atom. The minimum Gasteiger partial charge on any atom is -0.356 e. The number of aryl methyl sites for hydroxylation is 1. The van der Waals surface area contributed by atoms with Gasteiger partial charge >= 0.3 is 0 Å². The lowest BCUT2D eigenvalue weighted by atomic mass is 9.93. The first-order valence-corrected chi connectivity index (χ1v) is 11.4. The molecule has 1 aliphatic rings. The summed E-state index contributed by atoms with van der Waals surface area (Å²) in [4.78, 5) is 15.8. The van der Waals surface area contributed by atoms with Crippen molar-refractivity contribution in [3.05, 3.63) is 94.7 Å². The number of fused-ring (bicyclic) bond motifs is 3. The van der Waals surface area contributed by atoms with E-state index in [1.807, 2.05) is 31.2 Å². The first-order valence-electron chi connectivity index (χ1n) is 11.4. The lowest BCUT2D eigenvalue weighted by Crippen LogP contribution is -2.35. The van der Waals surface area contributed by atoms with Crippen molar-refractivity contribution in [1.29, 1.82) is 0 Å². The molecule has 5 heteroatoms. The molecule has 0 radical (unpaired) electrons. The van der Waals surface area contributed by atoms with E-state index in [4.69, 9.17) is 0 Å². The fourth-order valence-corrected chi connectivity index (χ4v) is 4.79. The predicted octanol–water partition coefficient (Wildman–Crippen LogP) is 6.49. The Bertz CT molecular complexity index is 1310. The van der Waals surface area contributed by atoms with Crippen molar-refractivity contribution in [2.45, 2.75) is 45.2 Å². The average molecular weight is 445 g/mol. The third-order valence-corrected chi connectivity index (χ3v) is 6.60. The number of Topliss-reactive ketones (excluding diaryl/α,β-unsaturated/α-hetero) is 1. The van der Waals surface area contributed by atoms with Gasteiger partial charge in [-0.1, -0.05) is 48.0 Å². The fraction of sp³-hybridized carbons (Fsp3) is 0.250. The molecule has 33 heavy (non-hydrogen) atoms. The molecule has 1 atom stereocenters. The number of carbonyl (C=O) groups excluding carboxylic acids is 1. The van der Waals surface area contributed by atoms with Gasteiger partial charge in [-0.3, -0.25) is 4.79 Å². The molecular formula is C28H26F2N2O. The number of hydrogen-bond donors (Lipinski definition) is 2. The van der Waals surface area contributed by atoms with Crippen LogP contribution in [0.25, 0.3) is 22.0 Å². The zero-order valence-electron chi connectivity index (χ0n) is 18.6. The number of benzene rings is 3. The second-order valence-corrected chi connectivity index (χ2v) is 8.90. The number of hydrogen-bond acceptors (Lipinski definition) is 2. The summed E-state index contributed by atoms with van der Waals surface area (Å²) < 4.78 is 28.1. The van der Waals surface area contributed by atoms with Gasteiger partial charge in [0.1, 0.15) is 11.6 Å². The van der Waals surface area contributed by atoms with E-state index in [0.29, 0.717) is 18.5 Å². The van der Waals surface area contributed by atoms with Crippen LogP contribution in [0.3, 0.4) is 0 Å².